The van der Waals surface area contributed by atoms with Gasteiger partial charge in [-0.3, -0.25) is 4.98 Å². The minimum atomic E-state index is -0.303. The number of carbonyl (C=O) groups excluding carboxylic acids is 1. The summed E-state index contributed by atoms with van der Waals surface area (Å²) in [5.74, 6) is 0.954. The van der Waals surface area contributed by atoms with Gasteiger partial charge in [-0.1, -0.05) is 18.2 Å². The molecule has 1 aliphatic heterocycles. The lowest BCUT2D eigenvalue weighted by Crippen LogP contribution is -2.00. The highest BCUT2D eigenvalue weighted by molar-refractivity contribution is 6.12. The van der Waals surface area contributed by atoms with E-state index in [1.807, 2.05) is 48.5 Å². The molecule has 138 valence electrons. The Morgan fingerprint density at radius 3 is 2.57 bits per heavy atom. The Morgan fingerprint density at radius 1 is 0.929 bits per heavy atom. The maximum absolute atomic E-state index is 12.6. The maximum Gasteiger partial charge on any atom is 0.339 e. The van der Waals surface area contributed by atoms with Crippen molar-refractivity contribution < 1.29 is 19.0 Å². The van der Waals surface area contributed by atoms with Gasteiger partial charge >= 0.3 is 5.97 Å². The lowest BCUT2D eigenvalue weighted by molar-refractivity contribution is 0.0535. The van der Waals surface area contributed by atoms with Crippen LogP contribution in [0.3, 0.4) is 0 Å². The molecular formula is C23H17NO4. The fourth-order valence-electron chi connectivity index (χ4n) is 3.87. The van der Waals surface area contributed by atoms with Crippen molar-refractivity contribution in [2.24, 2.45) is 0 Å². The first-order chi connectivity index (χ1) is 13.7. The summed E-state index contributed by atoms with van der Waals surface area (Å²) in [4.78, 5) is 17.0. The Bertz CT molecular complexity index is 1260. The Hall–Kier alpha value is -3.60. The Kier molecular flexibility index (Phi) is 3.69. The van der Waals surface area contributed by atoms with Gasteiger partial charge in [0.2, 0.25) is 0 Å². The largest absolute Gasteiger partial charge is 0.493 e. The van der Waals surface area contributed by atoms with E-state index in [4.69, 9.17) is 14.2 Å². The molecular weight excluding hydrogens is 354 g/mol. The smallest absolute Gasteiger partial charge is 0.339 e. The zero-order valence-electron chi connectivity index (χ0n) is 15.5. The summed E-state index contributed by atoms with van der Waals surface area (Å²) in [7, 11) is 3.21. The third-order valence-corrected chi connectivity index (χ3v) is 5.18. The zero-order valence-corrected chi connectivity index (χ0v) is 15.5. The molecule has 0 N–H and O–H groups in total. The fraction of sp³-hybridized carbons (Fsp3) is 0.130. The van der Waals surface area contributed by atoms with Crippen LogP contribution in [0.4, 0.5) is 0 Å². The molecule has 28 heavy (non-hydrogen) atoms. The van der Waals surface area contributed by atoms with Crippen LogP contribution >= 0.6 is 0 Å². The molecule has 0 spiro atoms. The molecule has 5 heteroatoms. The highest BCUT2D eigenvalue weighted by Crippen LogP contribution is 2.42. The molecule has 1 aromatic heterocycles. The number of ether oxygens (including phenoxy) is 3. The fourth-order valence-corrected chi connectivity index (χ4v) is 3.87. The number of pyridine rings is 1. The van der Waals surface area contributed by atoms with E-state index in [0.29, 0.717) is 17.1 Å². The predicted octanol–water partition coefficient (Wildman–Crippen LogP) is 4.74. The summed E-state index contributed by atoms with van der Waals surface area (Å²) in [5, 5.41) is 2.92. The third-order valence-electron chi connectivity index (χ3n) is 5.18. The number of nitrogens with zero attached hydrogens (tertiary/aromatic N) is 1. The summed E-state index contributed by atoms with van der Waals surface area (Å²) in [6, 6.07) is 15.8. The molecule has 0 fully saturated rings. The number of cyclic esters (lactones) is 1. The van der Waals surface area contributed by atoms with Gasteiger partial charge in [0, 0.05) is 22.7 Å². The molecule has 0 radical (unpaired) electrons. The van der Waals surface area contributed by atoms with E-state index in [9.17, 15) is 4.79 Å². The number of fused-ring (bicyclic) bond motifs is 3. The Balaban J connectivity index is 1.89. The summed E-state index contributed by atoms with van der Waals surface area (Å²) in [6.07, 6.45) is 1.77. The van der Waals surface area contributed by atoms with Crippen molar-refractivity contribution in [3.05, 3.63) is 65.9 Å². The van der Waals surface area contributed by atoms with Gasteiger partial charge in [-0.05, 0) is 46.7 Å². The van der Waals surface area contributed by atoms with E-state index in [-0.39, 0.29) is 12.6 Å². The van der Waals surface area contributed by atoms with Crippen LogP contribution in [0.2, 0.25) is 0 Å². The van der Waals surface area contributed by atoms with Crippen molar-refractivity contribution in [3.63, 3.8) is 0 Å². The minimum Gasteiger partial charge on any atom is -0.493 e. The molecule has 0 unspecified atom stereocenters. The van der Waals surface area contributed by atoms with E-state index in [2.05, 4.69) is 4.98 Å². The van der Waals surface area contributed by atoms with E-state index in [1.54, 1.807) is 20.4 Å². The van der Waals surface area contributed by atoms with Crippen molar-refractivity contribution in [2.45, 2.75) is 6.61 Å². The van der Waals surface area contributed by atoms with Crippen LogP contribution in [0, 0.1) is 0 Å². The highest BCUT2D eigenvalue weighted by atomic mass is 16.5. The summed E-state index contributed by atoms with van der Waals surface area (Å²) in [5.41, 5.74) is 4.11. The Morgan fingerprint density at radius 2 is 1.75 bits per heavy atom. The molecule has 0 amide bonds. The van der Waals surface area contributed by atoms with Crippen LogP contribution in [-0.4, -0.2) is 25.2 Å². The van der Waals surface area contributed by atoms with Gasteiger partial charge in [-0.25, -0.2) is 4.79 Å². The lowest BCUT2D eigenvalue weighted by atomic mass is 9.90. The van der Waals surface area contributed by atoms with E-state index in [1.165, 1.54) is 0 Å². The number of rotatable bonds is 3. The third kappa shape index (κ3) is 2.40. The van der Waals surface area contributed by atoms with E-state index >= 15 is 0 Å². The van der Waals surface area contributed by atoms with Crippen molar-refractivity contribution in [1.29, 1.82) is 0 Å². The molecule has 5 nitrogen and oxygen atoms in total. The van der Waals surface area contributed by atoms with Crippen LogP contribution in [0.1, 0.15) is 15.9 Å². The van der Waals surface area contributed by atoms with Crippen LogP contribution in [0.25, 0.3) is 32.8 Å². The molecule has 0 saturated carbocycles. The molecule has 4 aromatic rings. The first kappa shape index (κ1) is 16.6. The van der Waals surface area contributed by atoms with Gasteiger partial charge < -0.3 is 14.2 Å². The number of carbonyl (C=O) groups is 1. The van der Waals surface area contributed by atoms with E-state index in [0.717, 1.165) is 38.4 Å². The second-order valence-electron chi connectivity index (χ2n) is 6.70. The standard InChI is InChI=1S/C23H17NO4/c1-26-19-10-15-8-16-12-28-23(25)22(16)21(17(15)11-20(19)27-2)14-6-5-13-4-3-7-24-18(13)9-14/h3-11H,12H2,1-2H3. The SMILES string of the molecule is COc1cc2cc3c(c(-c4ccc5cccnc5c4)c2cc1OC)C(=O)OC3. The monoisotopic (exact) mass is 371 g/mol. The van der Waals surface area contributed by atoms with Crippen LogP contribution < -0.4 is 9.47 Å². The number of methoxy groups -OCH3 is 2. The number of hydrogen-bond acceptors (Lipinski definition) is 5. The molecule has 0 atom stereocenters. The average Bonchev–Trinajstić information content (AvgIpc) is 3.10. The zero-order chi connectivity index (χ0) is 19.3. The molecule has 5 rings (SSSR count). The van der Waals surface area contributed by atoms with Crippen molar-refractivity contribution in [1.82, 2.24) is 4.98 Å². The quantitative estimate of drug-likeness (QED) is 0.487. The van der Waals surface area contributed by atoms with Crippen molar-refractivity contribution in [2.75, 3.05) is 14.2 Å². The van der Waals surface area contributed by atoms with E-state index < -0.39 is 0 Å². The molecule has 1 aliphatic rings. The number of aromatic nitrogens is 1. The van der Waals surface area contributed by atoms with Gasteiger partial charge in [0.25, 0.3) is 0 Å². The number of esters is 1. The molecule has 0 saturated heterocycles. The van der Waals surface area contributed by atoms with Gasteiger partial charge in [0.15, 0.2) is 11.5 Å². The lowest BCUT2D eigenvalue weighted by Gasteiger charge is -2.15. The van der Waals surface area contributed by atoms with Crippen LogP contribution in [-0.2, 0) is 11.3 Å². The van der Waals surface area contributed by atoms with Crippen LogP contribution in [0.5, 0.6) is 11.5 Å². The minimum absolute atomic E-state index is 0.275. The highest BCUT2D eigenvalue weighted by Gasteiger charge is 2.28. The number of benzene rings is 3. The topological polar surface area (TPSA) is 57.7 Å². The second kappa shape index (κ2) is 6.23. The average molecular weight is 371 g/mol. The molecule has 0 bridgehead atoms. The van der Waals surface area contributed by atoms with Crippen molar-refractivity contribution in [3.8, 4) is 22.6 Å². The van der Waals surface area contributed by atoms with Gasteiger partial charge in [0.1, 0.15) is 6.61 Å². The first-order valence-electron chi connectivity index (χ1n) is 8.93. The van der Waals surface area contributed by atoms with Gasteiger partial charge in [-0.15, -0.1) is 0 Å². The molecule has 0 aliphatic carbocycles. The normalized spacial score (nSPS) is 12.9. The summed E-state index contributed by atoms with van der Waals surface area (Å²) < 4.78 is 16.3. The summed E-state index contributed by atoms with van der Waals surface area (Å²) in [6.45, 7) is 0.275. The first-order valence-corrected chi connectivity index (χ1v) is 8.93. The summed E-state index contributed by atoms with van der Waals surface area (Å²) >= 11 is 0. The molecule has 3 aromatic carbocycles. The Labute approximate surface area is 161 Å². The predicted molar refractivity (Wildman–Crippen MR) is 107 cm³/mol. The maximum atomic E-state index is 12.6. The second-order valence-corrected chi connectivity index (χ2v) is 6.70. The van der Waals surface area contributed by atoms with Gasteiger partial charge in [-0.2, -0.15) is 0 Å². The van der Waals surface area contributed by atoms with Gasteiger partial charge in [0.05, 0.1) is 25.3 Å². The number of hydrogen-bond donors (Lipinski definition) is 0. The van der Waals surface area contributed by atoms with Crippen molar-refractivity contribution >= 4 is 27.6 Å². The molecule has 2 heterocycles. The van der Waals surface area contributed by atoms with Crippen LogP contribution in [0.15, 0.2) is 54.7 Å².